The topological polar surface area (TPSA) is 114 Å². The predicted octanol–water partition coefficient (Wildman–Crippen LogP) is 1.28. The molecule has 1 aromatic heterocycles. The minimum Gasteiger partial charge on any atom is -0.370 e. The van der Waals surface area contributed by atoms with E-state index in [9.17, 15) is 4.79 Å². The van der Waals surface area contributed by atoms with Crippen molar-refractivity contribution in [3.05, 3.63) is 20.8 Å². The molecule has 0 saturated carbocycles. The van der Waals surface area contributed by atoms with Gasteiger partial charge in [-0.05, 0) is 44.3 Å². The Balaban J connectivity index is 1.83. The van der Waals surface area contributed by atoms with E-state index in [1.807, 2.05) is 0 Å². The van der Waals surface area contributed by atoms with Crippen LogP contribution in [-0.4, -0.2) is 49.6 Å². The smallest absolute Gasteiger partial charge is 0.267 e. The maximum absolute atomic E-state index is 12.0. The van der Waals surface area contributed by atoms with Gasteiger partial charge in [0.25, 0.3) is 5.91 Å². The number of halogens is 2. The second-order valence-electron chi connectivity index (χ2n) is 5.03. The van der Waals surface area contributed by atoms with E-state index in [0.717, 1.165) is 9.08 Å². The lowest BCUT2D eigenvalue weighted by atomic mass is 10.1. The Morgan fingerprint density at radius 2 is 2.26 bits per heavy atom. The Labute approximate surface area is 150 Å². The summed E-state index contributed by atoms with van der Waals surface area (Å²) in [5, 5.41) is 5.84. The number of nitrogens with two attached hydrogens (primary N) is 1. The first-order valence-electron chi connectivity index (χ1n) is 6.93. The Morgan fingerprint density at radius 1 is 1.52 bits per heavy atom. The molecule has 2 heterocycles. The van der Waals surface area contributed by atoms with Crippen molar-refractivity contribution in [3.8, 4) is 0 Å². The van der Waals surface area contributed by atoms with Gasteiger partial charge < -0.3 is 30.8 Å². The predicted molar refractivity (Wildman–Crippen MR) is 93.1 cm³/mol. The number of aromatic nitrogens is 1. The lowest BCUT2D eigenvalue weighted by molar-refractivity contribution is -0.119. The summed E-state index contributed by atoms with van der Waals surface area (Å²) in [5.74, 6) is 0.102. The Bertz CT molecular complexity index is 587. The van der Waals surface area contributed by atoms with Crippen LogP contribution in [0, 0.1) is 0 Å². The third-order valence-electron chi connectivity index (χ3n) is 3.56. The van der Waals surface area contributed by atoms with Crippen LogP contribution in [0.5, 0.6) is 0 Å². The van der Waals surface area contributed by atoms with Crippen molar-refractivity contribution in [2.75, 3.05) is 20.8 Å². The summed E-state index contributed by atoms with van der Waals surface area (Å²) in [4.78, 5) is 19.1. The number of methoxy groups -OCH3 is 2. The van der Waals surface area contributed by atoms with E-state index in [-0.39, 0.29) is 11.9 Å². The number of carbonyl (C=O) groups excluding carboxylic acids is 1. The number of ether oxygens (including phenoxy) is 2. The first kappa shape index (κ1) is 18.2. The molecular weight excluding hydrogens is 434 g/mol. The number of aromatic amines is 1. The van der Waals surface area contributed by atoms with Gasteiger partial charge in [-0.15, -0.1) is 0 Å². The summed E-state index contributed by atoms with van der Waals surface area (Å²) < 4.78 is 12.3. The van der Waals surface area contributed by atoms with Crippen molar-refractivity contribution in [3.63, 3.8) is 0 Å². The molecule has 2 atom stereocenters. The number of hydrogen-bond donors (Lipinski definition) is 4. The molecule has 1 aliphatic heterocycles. The SMILES string of the molecule is CO[C@@H]1N=C(N)N[C@@]1(CCCNC(=O)c1cc(Br)c(Br)[nH]1)OC. The Hall–Kier alpha value is -1.10. The maximum Gasteiger partial charge on any atom is 0.267 e. The summed E-state index contributed by atoms with van der Waals surface area (Å²) in [6.45, 7) is 0.482. The van der Waals surface area contributed by atoms with Gasteiger partial charge in [0.1, 0.15) is 5.69 Å². The number of guanidine groups is 1. The fourth-order valence-electron chi connectivity index (χ4n) is 2.40. The second-order valence-corrected chi connectivity index (χ2v) is 6.67. The highest BCUT2D eigenvalue weighted by atomic mass is 79.9. The molecule has 0 radical (unpaired) electrons. The summed E-state index contributed by atoms with van der Waals surface area (Å²) in [6, 6.07) is 1.71. The van der Waals surface area contributed by atoms with Crippen molar-refractivity contribution < 1.29 is 14.3 Å². The van der Waals surface area contributed by atoms with Crippen molar-refractivity contribution >= 4 is 43.7 Å². The highest BCUT2D eigenvalue weighted by Crippen LogP contribution is 2.26. The van der Waals surface area contributed by atoms with Crippen LogP contribution in [0.1, 0.15) is 23.3 Å². The summed E-state index contributed by atoms with van der Waals surface area (Å²) in [6.07, 6.45) is 0.724. The highest BCUT2D eigenvalue weighted by molar-refractivity contribution is 9.13. The fraction of sp³-hybridized carbons (Fsp3) is 0.538. The van der Waals surface area contributed by atoms with Crippen LogP contribution >= 0.6 is 31.9 Å². The van der Waals surface area contributed by atoms with Crippen LogP contribution in [-0.2, 0) is 9.47 Å². The van der Waals surface area contributed by atoms with Gasteiger partial charge in [0.2, 0.25) is 0 Å². The molecule has 0 fully saturated rings. The van der Waals surface area contributed by atoms with Crippen LogP contribution in [0.4, 0.5) is 0 Å². The van der Waals surface area contributed by atoms with Gasteiger partial charge in [-0.3, -0.25) is 4.79 Å². The molecule has 23 heavy (non-hydrogen) atoms. The van der Waals surface area contributed by atoms with Gasteiger partial charge in [-0.2, -0.15) is 0 Å². The van der Waals surface area contributed by atoms with E-state index >= 15 is 0 Å². The monoisotopic (exact) mass is 451 g/mol. The fourth-order valence-corrected chi connectivity index (χ4v) is 3.06. The first-order chi connectivity index (χ1) is 10.9. The number of amides is 1. The van der Waals surface area contributed by atoms with Crippen LogP contribution in [0.3, 0.4) is 0 Å². The van der Waals surface area contributed by atoms with Crippen molar-refractivity contribution in [1.82, 2.24) is 15.6 Å². The number of carbonyl (C=O) groups is 1. The van der Waals surface area contributed by atoms with E-state index in [2.05, 4.69) is 52.5 Å². The molecule has 0 aromatic carbocycles. The van der Waals surface area contributed by atoms with Crippen molar-refractivity contribution in [2.24, 2.45) is 10.7 Å². The lowest BCUT2D eigenvalue weighted by Crippen LogP contribution is -2.54. The Kier molecular flexibility index (Phi) is 6.06. The molecule has 10 heteroatoms. The minimum atomic E-state index is -0.804. The minimum absolute atomic E-state index is 0.179. The van der Waals surface area contributed by atoms with Crippen LogP contribution in [0.25, 0.3) is 0 Å². The molecule has 0 bridgehead atoms. The number of nitrogens with one attached hydrogen (secondary N) is 3. The number of hydrogen-bond acceptors (Lipinski definition) is 6. The zero-order valence-electron chi connectivity index (χ0n) is 12.8. The molecule has 0 unspecified atom stereocenters. The normalized spacial score (nSPS) is 23.5. The molecule has 2 rings (SSSR count). The maximum atomic E-state index is 12.0. The quantitative estimate of drug-likeness (QED) is 0.465. The average molecular weight is 453 g/mol. The van der Waals surface area contributed by atoms with Crippen LogP contribution in [0.2, 0.25) is 0 Å². The molecule has 1 aromatic rings. The molecule has 1 aliphatic rings. The molecule has 128 valence electrons. The zero-order chi connectivity index (χ0) is 17.0. The standard InChI is InChI=1S/C13H19Br2N5O3/c1-22-11-13(23-2,20-12(16)19-11)4-3-5-17-10(21)8-6-7(14)9(15)18-8/h6,11,18H,3-5H2,1-2H3,(H,17,21)(H3,16,19,20)/t11-,13-/m0/s1. The van der Waals surface area contributed by atoms with Crippen LogP contribution in [0.15, 0.2) is 20.1 Å². The summed E-state index contributed by atoms with van der Waals surface area (Å²) in [7, 11) is 3.12. The molecule has 8 nitrogen and oxygen atoms in total. The van der Waals surface area contributed by atoms with Gasteiger partial charge >= 0.3 is 0 Å². The van der Waals surface area contributed by atoms with Gasteiger partial charge in [-0.25, -0.2) is 4.99 Å². The first-order valence-corrected chi connectivity index (χ1v) is 8.52. The van der Waals surface area contributed by atoms with Crippen LogP contribution < -0.4 is 16.4 Å². The van der Waals surface area contributed by atoms with Gasteiger partial charge in [0, 0.05) is 27.2 Å². The van der Waals surface area contributed by atoms with E-state index in [1.54, 1.807) is 20.3 Å². The zero-order valence-corrected chi connectivity index (χ0v) is 16.0. The number of aliphatic imine (C=N–C) groups is 1. The summed E-state index contributed by atoms with van der Waals surface area (Å²) >= 11 is 6.63. The second kappa shape index (κ2) is 7.65. The molecule has 1 amide bonds. The van der Waals surface area contributed by atoms with Gasteiger partial charge in [-0.1, -0.05) is 0 Å². The van der Waals surface area contributed by atoms with E-state index < -0.39 is 12.0 Å². The number of H-pyrrole nitrogens is 1. The summed E-state index contributed by atoms with van der Waals surface area (Å²) in [5.41, 5.74) is 5.37. The molecular formula is C13H19Br2N5O3. The third-order valence-corrected chi connectivity index (χ3v) is 5.35. The number of nitrogens with zero attached hydrogens (tertiary/aromatic N) is 1. The van der Waals surface area contributed by atoms with Gasteiger partial charge in [0.15, 0.2) is 17.9 Å². The largest absolute Gasteiger partial charge is 0.370 e. The lowest BCUT2D eigenvalue weighted by Gasteiger charge is -2.32. The average Bonchev–Trinajstić information content (AvgIpc) is 3.03. The van der Waals surface area contributed by atoms with E-state index in [1.165, 1.54) is 0 Å². The van der Waals surface area contributed by atoms with Crippen molar-refractivity contribution in [2.45, 2.75) is 24.8 Å². The van der Waals surface area contributed by atoms with E-state index in [4.69, 9.17) is 15.2 Å². The molecule has 0 spiro atoms. The van der Waals surface area contributed by atoms with Crippen molar-refractivity contribution in [1.29, 1.82) is 0 Å². The molecule has 0 aliphatic carbocycles. The Morgan fingerprint density at radius 3 is 2.83 bits per heavy atom. The molecule has 0 saturated heterocycles. The van der Waals surface area contributed by atoms with Gasteiger partial charge in [0.05, 0.1) is 9.08 Å². The third kappa shape index (κ3) is 4.06. The molecule has 5 N–H and O–H groups in total. The van der Waals surface area contributed by atoms with E-state index in [0.29, 0.717) is 25.1 Å². The number of rotatable bonds is 7. The highest BCUT2D eigenvalue weighted by Gasteiger charge is 2.44.